The fraction of sp³-hybridized carbons (Fsp3) is 0.429. The van der Waals surface area contributed by atoms with Crippen LogP contribution < -0.4 is 5.30 Å². The Morgan fingerprint density at radius 3 is 2.11 bits per heavy atom. The smallest absolute Gasteiger partial charge is 0.116 e. The number of aliphatic hydroxyl groups excluding tert-OH is 3. The molecule has 1 aliphatic heterocycles. The highest BCUT2D eigenvalue weighted by Crippen LogP contribution is 2.30. The van der Waals surface area contributed by atoms with Gasteiger partial charge in [0, 0.05) is 17.0 Å². The molecular weight excluding hydrogens is 375 g/mol. The van der Waals surface area contributed by atoms with Crippen LogP contribution in [0.15, 0.2) is 36.7 Å². The molecule has 1 fully saturated rings. The van der Waals surface area contributed by atoms with Gasteiger partial charge in [0.2, 0.25) is 0 Å². The van der Waals surface area contributed by atoms with Crippen molar-refractivity contribution >= 4 is 20.6 Å². The normalized spacial score (nSPS) is 25.4. The maximum Gasteiger partial charge on any atom is 0.116 e. The van der Waals surface area contributed by atoms with Crippen molar-refractivity contribution in [2.75, 3.05) is 0 Å². The van der Waals surface area contributed by atoms with Crippen LogP contribution >= 0.6 is 9.24 Å². The number of allylic oxidation sites excluding steroid dienone is 1. The second-order valence-corrected chi connectivity index (χ2v) is 7.52. The van der Waals surface area contributed by atoms with Crippen molar-refractivity contribution in [1.82, 2.24) is 9.97 Å². The topological polar surface area (TPSA) is 95.7 Å². The maximum atomic E-state index is 10.1. The van der Waals surface area contributed by atoms with Crippen LogP contribution in [0.1, 0.15) is 42.5 Å². The van der Waals surface area contributed by atoms with E-state index in [1.165, 1.54) is 0 Å². The molecule has 2 aromatic rings. The number of benzene rings is 1. The molecule has 0 amide bonds. The minimum atomic E-state index is -1.06. The summed E-state index contributed by atoms with van der Waals surface area (Å²) in [5.74, 6) is 0. The molecule has 7 heteroatoms. The summed E-state index contributed by atoms with van der Waals surface area (Å²) in [5, 5.41) is 30.5. The van der Waals surface area contributed by atoms with E-state index < -0.39 is 30.5 Å². The van der Waals surface area contributed by atoms with Crippen molar-refractivity contribution in [2.24, 2.45) is 0 Å². The highest BCUT2D eigenvalue weighted by molar-refractivity contribution is 7.27. The number of aryl methyl sites for hydroxylation is 2. The molecular formula is C21H29N2O4P. The number of rotatable bonds is 3. The zero-order chi connectivity index (χ0) is 20.8. The van der Waals surface area contributed by atoms with Gasteiger partial charge in [0.05, 0.1) is 6.10 Å². The van der Waals surface area contributed by atoms with Gasteiger partial charge in [0.1, 0.15) is 30.7 Å². The Morgan fingerprint density at radius 2 is 1.64 bits per heavy atom. The lowest BCUT2D eigenvalue weighted by molar-refractivity contribution is -0.0635. The van der Waals surface area contributed by atoms with Gasteiger partial charge >= 0.3 is 0 Å². The van der Waals surface area contributed by atoms with Crippen molar-refractivity contribution in [1.29, 1.82) is 0 Å². The van der Waals surface area contributed by atoms with Crippen molar-refractivity contribution in [2.45, 2.75) is 58.2 Å². The van der Waals surface area contributed by atoms with Crippen LogP contribution in [0.2, 0.25) is 0 Å². The molecule has 152 valence electrons. The first-order valence-electron chi connectivity index (χ1n) is 9.22. The summed E-state index contributed by atoms with van der Waals surface area (Å²) >= 11 is 0. The van der Waals surface area contributed by atoms with E-state index in [1.54, 1.807) is 25.4 Å². The van der Waals surface area contributed by atoms with Crippen LogP contribution in [0.25, 0.3) is 6.08 Å². The Bertz CT molecular complexity index is 777. The molecule has 6 atom stereocenters. The van der Waals surface area contributed by atoms with Crippen molar-refractivity contribution in [3.05, 3.63) is 59.2 Å². The molecule has 3 rings (SSSR count). The molecule has 28 heavy (non-hydrogen) atoms. The number of ether oxygens (including phenoxy) is 1. The predicted molar refractivity (Wildman–Crippen MR) is 113 cm³/mol. The number of nitrogens with zero attached hydrogens (tertiary/aromatic N) is 2. The molecule has 3 N–H and O–H groups in total. The fourth-order valence-electron chi connectivity index (χ4n) is 3.04. The van der Waals surface area contributed by atoms with Crippen molar-refractivity contribution in [3.8, 4) is 0 Å². The third kappa shape index (κ3) is 5.43. The van der Waals surface area contributed by atoms with Gasteiger partial charge in [-0.3, -0.25) is 0 Å². The lowest BCUT2D eigenvalue weighted by Gasteiger charge is -2.21. The van der Waals surface area contributed by atoms with Gasteiger partial charge in [0.15, 0.2) is 0 Å². The average molecular weight is 404 g/mol. The summed E-state index contributed by atoms with van der Waals surface area (Å²) in [5.41, 5.74) is 3.88. The minimum Gasteiger partial charge on any atom is -0.388 e. The lowest BCUT2D eigenvalue weighted by Crippen LogP contribution is -2.34. The largest absolute Gasteiger partial charge is 0.388 e. The van der Waals surface area contributed by atoms with Gasteiger partial charge in [-0.15, -0.1) is 9.24 Å². The second kappa shape index (κ2) is 10.2. The lowest BCUT2D eigenvalue weighted by atomic mass is 9.99. The number of aromatic nitrogens is 2. The molecule has 1 aromatic heterocycles. The zero-order valence-corrected chi connectivity index (χ0v) is 17.8. The zero-order valence-electron chi connectivity index (χ0n) is 16.6. The number of hydrogen-bond donors (Lipinski definition) is 3. The van der Waals surface area contributed by atoms with E-state index in [4.69, 9.17) is 4.74 Å². The number of hydrogen-bond acceptors (Lipinski definition) is 6. The fourth-order valence-corrected chi connectivity index (χ4v) is 3.23. The van der Waals surface area contributed by atoms with Gasteiger partial charge in [-0.1, -0.05) is 36.4 Å². The Morgan fingerprint density at radius 1 is 1.07 bits per heavy atom. The highest BCUT2D eigenvalue weighted by Gasteiger charge is 2.44. The summed E-state index contributed by atoms with van der Waals surface area (Å²) in [4.78, 5) is 8.19. The molecule has 0 spiro atoms. The Hall–Kier alpha value is -1.69. The van der Waals surface area contributed by atoms with Crippen LogP contribution in [-0.4, -0.2) is 49.7 Å². The SMILES string of the molecule is C/C=C\c1c(C)ncnc1C.CC1OC(C(O)c2ccc(P)cc2)C(O)C1O. The van der Waals surface area contributed by atoms with E-state index in [0.29, 0.717) is 5.56 Å². The average Bonchev–Trinajstić information content (AvgIpc) is 2.93. The van der Waals surface area contributed by atoms with E-state index in [-0.39, 0.29) is 0 Å². The van der Waals surface area contributed by atoms with Gasteiger partial charge in [-0.2, -0.15) is 0 Å². The molecule has 1 aromatic carbocycles. The highest BCUT2D eigenvalue weighted by atomic mass is 31.0. The summed E-state index contributed by atoms with van der Waals surface area (Å²) in [6.45, 7) is 7.65. The molecule has 0 aliphatic carbocycles. The Labute approximate surface area is 168 Å². The first-order valence-corrected chi connectivity index (χ1v) is 9.80. The summed E-state index contributed by atoms with van der Waals surface area (Å²) in [7, 11) is 2.56. The minimum absolute atomic E-state index is 0.467. The van der Waals surface area contributed by atoms with Crippen molar-refractivity contribution in [3.63, 3.8) is 0 Å². The van der Waals surface area contributed by atoms with Gasteiger partial charge in [0.25, 0.3) is 0 Å². The molecule has 1 aliphatic rings. The summed E-state index contributed by atoms with van der Waals surface area (Å²) in [6.07, 6.45) is 1.43. The number of aliphatic hydroxyl groups is 3. The van der Waals surface area contributed by atoms with E-state index in [1.807, 2.05) is 45.1 Å². The molecule has 6 nitrogen and oxygen atoms in total. The molecule has 0 radical (unpaired) electrons. The first-order chi connectivity index (χ1) is 13.3. The van der Waals surface area contributed by atoms with E-state index in [2.05, 4.69) is 19.2 Å². The van der Waals surface area contributed by atoms with Crippen LogP contribution in [0.4, 0.5) is 0 Å². The van der Waals surface area contributed by atoms with Crippen LogP contribution in [-0.2, 0) is 4.74 Å². The standard InChI is InChI=1S/C12H17O4P.C9H12N2/c1-6-9(13)11(15)12(16-6)10(14)7-2-4-8(17)5-3-7;1-4-5-9-7(2)10-6-11-8(9)3/h2-6,9-15H,17H2,1H3;4-6H,1-3H3/b;5-4-. The first kappa shape index (κ1) is 22.6. The third-order valence-corrected chi connectivity index (χ3v) is 5.13. The third-order valence-electron chi connectivity index (χ3n) is 4.74. The molecule has 2 heterocycles. The summed E-state index contributed by atoms with van der Waals surface area (Å²) in [6, 6.07) is 7.26. The molecule has 0 bridgehead atoms. The Balaban J connectivity index is 0.000000221. The second-order valence-electron chi connectivity index (χ2n) is 6.86. The van der Waals surface area contributed by atoms with Crippen LogP contribution in [0.3, 0.4) is 0 Å². The van der Waals surface area contributed by atoms with E-state index in [0.717, 1.165) is 22.3 Å². The molecule has 6 unspecified atom stereocenters. The van der Waals surface area contributed by atoms with Crippen LogP contribution in [0, 0.1) is 13.8 Å². The van der Waals surface area contributed by atoms with Crippen LogP contribution in [0.5, 0.6) is 0 Å². The van der Waals surface area contributed by atoms with Crippen molar-refractivity contribution < 1.29 is 20.1 Å². The predicted octanol–water partition coefficient (Wildman–Crippen LogP) is 1.86. The molecule has 0 saturated carbocycles. The quantitative estimate of drug-likeness (QED) is 0.676. The maximum absolute atomic E-state index is 10.1. The summed E-state index contributed by atoms with van der Waals surface area (Å²) < 4.78 is 5.38. The van der Waals surface area contributed by atoms with Gasteiger partial charge in [-0.25, -0.2) is 9.97 Å². The van der Waals surface area contributed by atoms with Gasteiger partial charge < -0.3 is 20.1 Å². The monoisotopic (exact) mass is 404 g/mol. The Kier molecular flexibility index (Phi) is 8.23. The van der Waals surface area contributed by atoms with E-state index >= 15 is 0 Å². The van der Waals surface area contributed by atoms with Gasteiger partial charge in [-0.05, 0) is 38.6 Å². The molecule has 1 saturated heterocycles. The van der Waals surface area contributed by atoms with E-state index in [9.17, 15) is 15.3 Å².